The lowest BCUT2D eigenvalue weighted by atomic mass is 10.1. The van der Waals surface area contributed by atoms with Gasteiger partial charge in [0, 0.05) is 18.6 Å². The summed E-state index contributed by atoms with van der Waals surface area (Å²) in [4.78, 5) is 11.5. The number of hydrogen-bond acceptors (Lipinski definition) is 7. The molecule has 0 saturated carbocycles. The summed E-state index contributed by atoms with van der Waals surface area (Å²) in [5.41, 5.74) is 2.81. The van der Waals surface area contributed by atoms with Crippen molar-refractivity contribution in [3.8, 4) is 5.75 Å². The van der Waals surface area contributed by atoms with E-state index in [-0.39, 0.29) is 18.7 Å². The highest BCUT2D eigenvalue weighted by atomic mass is 16.5. The molecule has 7 heteroatoms. The second-order valence-corrected chi connectivity index (χ2v) is 6.94. The first kappa shape index (κ1) is 24.5. The first-order chi connectivity index (χ1) is 15.2. The van der Waals surface area contributed by atoms with E-state index >= 15 is 0 Å². The fraction of sp³-hybridized carbons (Fsp3) is 0.458. The second-order valence-electron chi connectivity index (χ2n) is 6.94. The minimum absolute atomic E-state index is 0.108. The molecule has 2 aromatic rings. The molecule has 0 aliphatic rings. The molecule has 1 aromatic carbocycles. The van der Waals surface area contributed by atoms with Gasteiger partial charge in [-0.3, -0.25) is 4.79 Å². The van der Waals surface area contributed by atoms with Gasteiger partial charge in [0.15, 0.2) is 0 Å². The van der Waals surface area contributed by atoms with Gasteiger partial charge < -0.3 is 28.5 Å². The van der Waals surface area contributed by atoms with Gasteiger partial charge in [-0.25, -0.2) is 0 Å². The van der Waals surface area contributed by atoms with Crippen molar-refractivity contribution in [3.63, 3.8) is 0 Å². The van der Waals surface area contributed by atoms with Crippen LogP contribution in [0.2, 0.25) is 0 Å². The van der Waals surface area contributed by atoms with Crippen LogP contribution in [0, 0.1) is 0 Å². The Morgan fingerprint density at radius 1 is 1.23 bits per heavy atom. The van der Waals surface area contributed by atoms with Gasteiger partial charge in [0.05, 0.1) is 45.2 Å². The Kier molecular flexibility index (Phi) is 11.3. The molecule has 31 heavy (non-hydrogen) atoms. The lowest BCUT2D eigenvalue weighted by Gasteiger charge is -2.17. The van der Waals surface area contributed by atoms with Gasteiger partial charge in [-0.1, -0.05) is 12.1 Å². The Morgan fingerprint density at radius 2 is 2.03 bits per heavy atom. The molecular weight excluding hydrogens is 400 g/mol. The molecular formula is C24H32O7. The van der Waals surface area contributed by atoms with Gasteiger partial charge in [0.25, 0.3) is 0 Å². The minimum Gasteiger partial charge on any atom is -0.498 e. The van der Waals surface area contributed by atoms with Crippen molar-refractivity contribution in [1.29, 1.82) is 0 Å². The number of furan rings is 1. The molecule has 0 aliphatic carbocycles. The zero-order chi connectivity index (χ0) is 22.3. The van der Waals surface area contributed by atoms with Gasteiger partial charge in [0.1, 0.15) is 12.4 Å². The number of rotatable bonds is 15. The van der Waals surface area contributed by atoms with Crippen LogP contribution in [0.4, 0.5) is 0 Å². The third kappa shape index (κ3) is 9.27. The third-order valence-corrected chi connectivity index (χ3v) is 4.63. The lowest BCUT2D eigenvalue weighted by molar-refractivity contribution is -0.143. The predicted molar refractivity (Wildman–Crippen MR) is 117 cm³/mol. The minimum atomic E-state index is -0.226. The number of esters is 1. The molecule has 0 radical (unpaired) electrons. The Hall–Kier alpha value is -2.77. The van der Waals surface area contributed by atoms with E-state index in [1.165, 1.54) is 0 Å². The highest BCUT2D eigenvalue weighted by molar-refractivity contribution is 5.70. The number of carbonyl (C=O) groups excluding carboxylic acids is 1. The van der Waals surface area contributed by atoms with Crippen LogP contribution >= 0.6 is 0 Å². The second kappa shape index (κ2) is 14.3. The van der Waals surface area contributed by atoms with E-state index in [2.05, 4.69) is 0 Å². The van der Waals surface area contributed by atoms with Crippen LogP contribution in [0.15, 0.2) is 47.5 Å². The monoisotopic (exact) mass is 432 g/mol. The Balaban J connectivity index is 1.81. The lowest BCUT2D eigenvalue weighted by Crippen LogP contribution is -2.19. The maximum Gasteiger partial charge on any atom is 0.306 e. The fourth-order valence-electron chi connectivity index (χ4n) is 2.91. The van der Waals surface area contributed by atoms with E-state index in [4.69, 9.17) is 28.5 Å². The molecule has 0 saturated heterocycles. The number of hydrogen-bond donors (Lipinski definition) is 1. The highest BCUT2D eigenvalue weighted by Crippen LogP contribution is 2.16. The third-order valence-electron chi connectivity index (χ3n) is 4.63. The maximum atomic E-state index is 11.5. The van der Waals surface area contributed by atoms with Crippen molar-refractivity contribution in [2.45, 2.75) is 45.3 Å². The molecule has 170 valence electrons. The summed E-state index contributed by atoms with van der Waals surface area (Å²) in [5, 5.41) is 9.14. The number of benzene rings is 1. The fourth-order valence-corrected chi connectivity index (χ4v) is 2.91. The molecule has 0 bridgehead atoms. The van der Waals surface area contributed by atoms with Crippen molar-refractivity contribution < 1.29 is 33.3 Å². The van der Waals surface area contributed by atoms with Crippen molar-refractivity contribution in [3.05, 3.63) is 59.7 Å². The van der Waals surface area contributed by atoms with Crippen molar-refractivity contribution >= 4 is 12.0 Å². The van der Waals surface area contributed by atoms with Crippen molar-refractivity contribution in [2.24, 2.45) is 0 Å². The van der Waals surface area contributed by atoms with E-state index in [1.54, 1.807) is 38.9 Å². The SMILES string of the molecule is CCOC(=O)CCc1cocc1/C=C/OCC(CCCO)OCc1ccc(OC)cc1. The molecule has 2 rings (SSSR count). The zero-order valence-electron chi connectivity index (χ0n) is 18.2. The summed E-state index contributed by atoms with van der Waals surface area (Å²) in [5.74, 6) is 0.575. The molecule has 0 amide bonds. The maximum absolute atomic E-state index is 11.5. The van der Waals surface area contributed by atoms with E-state index in [9.17, 15) is 4.79 Å². The Morgan fingerprint density at radius 3 is 2.74 bits per heavy atom. The summed E-state index contributed by atoms with van der Waals surface area (Å²) >= 11 is 0. The Labute approximate surface area is 183 Å². The summed E-state index contributed by atoms with van der Waals surface area (Å²) in [6.45, 7) is 3.09. The van der Waals surface area contributed by atoms with E-state index in [0.717, 1.165) is 22.4 Å². The summed E-state index contributed by atoms with van der Waals surface area (Å²) in [6.07, 6.45) is 8.67. The van der Waals surface area contributed by atoms with Gasteiger partial charge >= 0.3 is 5.97 Å². The molecule has 1 aromatic heterocycles. The van der Waals surface area contributed by atoms with E-state index in [1.807, 2.05) is 24.3 Å². The van der Waals surface area contributed by atoms with Crippen LogP contribution in [-0.2, 0) is 32.0 Å². The number of aliphatic hydroxyl groups is 1. The van der Waals surface area contributed by atoms with Crippen LogP contribution in [-0.4, -0.2) is 44.1 Å². The molecule has 0 spiro atoms. The van der Waals surface area contributed by atoms with Gasteiger partial charge in [-0.2, -0.15) is 0 Å². The van der Waals surface area contributed by atoms with Crippen LogP contribution in [0.1, 0.15) is 42.9 Å². The topological polar surface area (TPSA) is 87.4 Å². The van der Waals surface area contributed by atoms with Crippen molar-refractivity contribution in [1.82, 2.24) is 0 Å². The normalized spacial score (nSPS) is 12.1. The van der Waals surface area contributed by atoms with Gasteiger partial charge in [0.2, 0.25) is 0 Å². The van der Waals surface area contributed by atoms with Gasteiger partial charge in [-0.05, 0) is 55.5 Å². The number of aryl methyl sites for hydroxylation is 1. The summed E-state index contributed by atoms with van der Waals surface area (Å²) in [6, 6.07) is 7.70. The highest BCUT2D eigenvalue weighted by Gasteiger charge is 2.11. The summed E-state index contributed by atoms with van der Waals surface area (Å²) < 4.78 is 27.0. The molecule has 0 aliphatic heterocycles. The largest absolute Gasteiger partial charge is 0.498 e. The van der Waals surface area contributed by atoms with E-state index in [0.29, 0.717) is 45.5 Å². The molecule has 7 nitrogen and oxygen atoms in total. The number of carbonyl (C=O) groups is 1. The molecule has 1 N–H and O–H groups in total. The molecule has 1 unspecified atom stereocenters. The smallest absolute Gasteiger partial charge is 0.306 e. The summed E-state index contributed by atoms with van der Waals surface area (Å²) in [7, 11) is 1.63. The van der Waals surface area contributed by atoms with Crippen LogP contribution in [0.3, 0.4) is 0 Å². The number of ether oxygens (including phenoxy) is 4. The number of methoxy groups -OCH3 is 1. The van der Waals surface area contributed by atoms with Crippen LogP contribution in [0.25, 0.3) is 6.08 Å². The van der Waals surface area contributed by atoms with Gasteiger partial charge in [-0.15, -0.1) is 0 Å². The predicted octanol–water partition coefficient (Wildman–Crippen LogP) is 4.13. The Bertz CT molecular complexity index is 779. The number of aliphatic hydroxyl groups excluding tert-OH is 1. The average Bonchev–Trinajstić information content (AvgIpc) is 3.24. The molecule has 1 atom stereocenters. The van der Waals surface area contributed by atoms with E-state index < -0.39 is 0 Å². The quantitative estimate of drug-likeness (QED) is 0.334. The molecule has 1 heterocycles. The van der Waals surface area contributed by atoms with Crippen LogP contribution in [0.5, 0.6) is 5.75 Å². The molecule has 0 fully saturated rings. The first-order valence-electron chi connectivity index (χ1n) is 10.5. The van der Waals surface area contributed by atoms with Crippen molar-refractivity contribution in [2.75, 3.05) is 26.9 Å². The average molecular weight is 433 g/mol. The first-order valence-corrected chi connectivity index (χ1v) is 10.5. The zero-order valence-corrected chi connectivity index (χ0v) is 18.2. The standard InChI is InChI=1S/C24H32O7/c1-3-30-24(26)11-8-20-16-29-17-21(20)12-14-28-18-23(5-4-13-25)31-15-19-6-9-22(27-2)10-7-19/h6-7,9-10,12,14,16-17,23,25H,3-5,8,11,13,15,18H2,1-2H3/b14-12+. The van der Waals surface area contributed by atoms with Crippen LogP contribution < -0.4 is 4.74 Å².